The SMILES string of the molecule is NC1CCCc2ccc(OCCCOCC(F)(F)F)cc21. The summed E-state index contributed by atoms with van der Waals surface area (Å²) in [6, 6.07) is 5.89. The Morgan fingerprint density at radius 1 is 1.24 bits per heavy atom. The highest BCUT2D eigenvalue weighted by Crippen LogP contribution is 2.30. The zero-order valence-corrected chi connectivity index (χ0v) is 11.8. The number of fused-ring (bicyclic) bond motifs is 1. The van der Waals surface area contributed by atoms with E-state index in [9.17, 15) is 13.2 Å². The van der Waals surface area contributed by atoms with E-state index in [2.05, 4.69) is 4.74 Å². The minimum absolute atomic E-state index is 0.0317. The van der Waals surface area contributed by atoms with Gasteiger partial charge in [0.2, 0.25) is 0 Å². The van der Waals surface area contributed by atoms with Gasteiger partial charge < -0.3 is 15.2 Å². The maximum absolute atomic E-state index is 11.9. The summed E-state index contributed by atoms with van der Waals surface area (Å²) in [6.07, 6.45) is -0.740. The molecule has 1 aromatic rings. The van der Waals surface area contributed by atoms with E-state index in [4.69, 9.17) is 10.5 Å². The summed E-state index contributed by atoms with van der Waals surface area (Å²) < 4.78 is 45.6. The molecule has 0 saturated heterocycles. The molecule has 118 valence electrons. The highest BCUT2D eigenvalue weighted by atomic mass is 19.4. The molecular weight excluding hydrogens is 283 g/mol. The first-order valence-corrected chi connectivity index (χ1v) is 7.11. The summed E-state index contributed by atoms with van der Waals surface area (Å²) >= 11 is 0. The Balaban J connectivity index is 1.73. The van der Waals surface area contributed by atoms with Crippen LogP contribution in [0.1, 0.15) is 36.4 Å². The van der Waals surface area contributed by atoms with Crippen LogP contribution in [0, 0.1) is 0 Å². The van der Waals surface area contributed by atoms with Gasteiger partial charge >= 0.3 is 6.18 Å². The average molecular weight is 303 g/mol. The van der Waals surface area contributed by atoms with Crippen molar-refractivity contribution in [3.05, 3.63) is 29.3 Å². The summed E-state index contributed by atoms with van der Waals surface area (Å²) in [4.78, 5) is 0. The van der Waals surface area contributed by atoms with E-state index in [0.717, 1.165) is 24.8 Å². The largest absolute Gasteiger partial charge is 0.493 e. The number of nitrogens with two attached hydrogens (primary N) is 1. The first-order valence-electron chi connectivity index (χ1n) is 7.11. The van der Waals surface area contributed by atoms with Gasteiger partial charge in [-0.3, -0.25) is 0 Å². The molecule has 6 heteroatoms. The molecular formula is C15H20F3NO2. The van der Waals surface area contributed by atoms with Gasteiger partial charge in [0.1, 0.15) is 12.4 Å². The number of hydrogen-bond donors (Lipinski definition) is 1. The van der Waals surface area contributed by atoms with Crippen molar-refractivity contribution in [3.8, 4) is 5.75 Å². The van der Waals surface area contributed by atoms with Crippen LogP contribution in [-0.2, 0) is 11.2 Å². The Labute approximate surface area is 122 Å². The van der Waals surface area contributed by atoms with Gasteiger partial charge in [-0.1, -0.05) is 6.07 Å². The van der Waals surface area contributed by atoms with Crippen molar-refractivity contribution in [3.63, 3.8) is 0 Å². The fraction of sp³-hybridized carbons (Fsp3) is 0.600. The molecule has 0 bridgehead atoms. The van der Waals surface area contributed by atoms with Crippen molar-refractivity contribution in [2.24, 2.45) is 5.73 Å². The standard InChI is InChI=1S/C15H20F3NO2/c16-15(17,18)10-20-7-2-8-21-12-6-5-11-3-1-4-14(19)13(11)9-12/h5-6,9,14H,1-4,7-8,10,19H2. The maximum atomic E-state index is 11.9. The lowest BCUT2D eigenvalue weighted by Crippen LogP contribution is -2.18. The van der Waals surface area contributed by atoms with Gasteiger partial charge in [-0.15, -0.1) is 0 Å². The second-order valence-electron chi connectivity index (χ2n) is 5.23. The first kappa shape index (κ1) is 16.1. The molecule has 0 aromatic heterocycles. The van der Waals surface area contributed by atoms with Crippen molar-refractivity contribution in [2.75, 3.05) is 19.8 Å². The van der Waals surface area contributed by atoms with E-state index in [-0.39, 0.29) is 12.6 Å². The molecule has 0 aliphatic heterocycles. The lowest BCUT2D eigenvalue weighted by molar-refractivity contribution is -0.174. The molecule has 1 aliphatic rings. The fourth-order valence-electron chi connectivity index (χ4n) is 2.44. The van der Waals surface area contributed by atoms with Gasteiger partial charge in [0, 0.05) is 12.5 Å². The smallest absolute Gasteiger partial charge is 0.411 e. The Kier molecular flexibility index (Phi) is 5.47. The Morgan fingerprint density at radius 2 is 2.05 bits per heavy atom. The highest BCUT2D eigenvalue weighted by Gasteiger charge is 2.27. The lowest BCUT2D eigenvalue weighted by atomic mass is 9.88. The van der Waals surface area contributed by atoms with Crippen LogP contribution in [-0.4, -0.2) is 26.0 Å². The molecule has 1 aromatic carbocycles. The van der Waals surface area contributed by atoms with Crippen molar-refractivity contribution >= 4 is 0 Å². The average Bonchev–Trinajstić information content (AvgIpc) is 2.42. The van der Waals surface area contributed by atoms with E-state index in [1.165, 1.54) is 5.56 Å². The van der Waals surface area contributed by atoms with Crippen LogP contribution >= 0.6 is 0 Å². The summed E-state index contributed by atoms with van der Waals surface area (Å²) in [5.74, 6) is 0.710. The summed E-state index contributed by atoms with van der Waals surface area (Å²) in [5.41, 5.74) is 8.44. The van der Waals surface area contributed by atoms with E-state index in [1.54, 1.807) is 0 Å². The van der Waals surface area contributed by atoms with Crippen LogP contribution in [0.3, 0.4) is 0 Å². The van der Waals surface area contributed by atoms with Crippen molar-refractivity contribution in [1.82, 2.24) is 0 Å². The molecule has 1 unspecified atom stereocenters. The second kappa shape index (κ2) is 7.13. The number of aryl methyl sites for hydroxylation is 1. The molecule has 0 fully saturated rings. The molecule has 0 saturated carbocycles. The third-order valence-electron chi connectivity index (χ3n) is 3.45. The van der Waals surface area contributed by atoms with E-state index >= 15 is 0 Å². The molecule has 0 amide bonds. The number of halogens is 3. The Hall–Kier alpha value is -1.27. The van der Waals surface area contributed by atoms with Crippen LogP contribution < -0.4 is 10.5 Å². The molecule has 1 aliphatic carbocycles. The lowest BCUT2D eigenvalue weighted by Gasteiger charge is -2.22. The quantitative estimate of drug-likeness (QED) is 0.820. The predicted molar refractivity (Wildman–Crippen MR) is 73.3 cm³/mol. The van der Waals surface area contributed by atoms with E-state index < -0.39 is 12.8 Å². The highest BCUT2D eigenvalue weighted by molar-refractivity contribution is 5.39. The molecule has 2 rings (SSSR count). The normalized spacial score (nSPS) is 18.4. The van der Waals surface area contributed by atoms with Crippen molar-refractivity contribution in [2.45, 2.75) is 37.9 Å². The van der Waals surface area contributed by atoms with Crippen LogP contribution in [0.25, 0.3) is 0 Å². The zero-order chi connectivity index (χ0) is 15.3. The van der Waals surface area contributed by atoms with Gasteiger partial charge in [-0.05, 0) is 42.5 Å². The number of benzene rings is 1. The van der Waals surface area contributed by atoms with Crippen LogP contribution in [0.5, 0.6) is 5.75 Å². The number of hydrogen-bond acceptors (Lipinski definition) is 3. The summed E-state index contributed by atoms with van der Waals surface area (Å²) in [7, 11) is 0. The Bertz CT molecular complexity index is 463. The van der Waals surface area contributed by atoms with Gasteiger partial charge in [0.05, 0.1) is 13.2 Å². The van der Waals surface area contributed by atoms with E-state index in [1.807, 2.05) is 18.2 Å². The molecule has 21 heavy (non-hydrogen) atoms. The molecule has 0 spiro atoms. The summed E-state index contributed by atoms with van der Waals surface area (Å²) in [6.45, 7) is -0.851. The maximum Gasteiger partial charge on any atom is 0.411 e. The van der Waals surface area contributed by atoms with Crippen LogP contribution in [0.15, 0.2) is 18.2 Å². The van der Waals surface area contributed by atoms with Gasteiger partial charge in [-0.25, -0.2) is 0 Å². The van der Waals surface area contributed by atoms with Crippen molar-refractivity contribution in [1.29, 1.82) is 0 Å². The topological polar surface area (TPSA) is 44.5 Å². The predicted octanol–water partition coefficient (Wildman–Crippen LogP) is 3.37. The molecule has 2 N–H and O–H groups in total. The van der Waals surface area contributed by atoms with Gasteiger partial charge in [-0.2, -0.15) is 13.2 Å². The zero-order valence-electron chi connectivity index (χ0n) is 11.8. The monoisotopic (exact) mass is 303 g/mol. The van der Waals surface area contributed by atoms with E-state index in [0.29, 0.717) is 18.8 Å². The number of ether oxygens (including phenoxy) is 2. The number of rotatable bonds is 6. The minimum Gasteiger partial charge on any atom is -0.493 e. The number of alkyl halides is 3. The molecule has 0 heterocycles. The summed E-state index contributed by atoms with van der Waals surface area (Å²) in [5, 5.41) is 0. The van der Waals surface area contributed by atoms with Gasteiger partial charge in [0.25, 0.3) is 0 Å². The Morgan fingerprint density at radius 3 is 2.81 bits per heavy atom. The van der Waals surface area contributed by atoms with Crippen LogP contribution in [0.4, 0.5) is 13.2 Å². The molecule has 1 atom stereocenters. The minimum atomic E-state index is -4.27. The van der Waals surface area contributed by atoms with Gasteiger partial charge in [0.15, 0.2) is 0 Å². The molecule has 3 nitrogen and oxygen atoms in total. The fourth-order valence-corrected chi connectivity index (χ4v) is 2.44. The second-order valence-corrected chi connectivity index (χ2v) is 5.23. The molecule has 0 radical (unpaired) electrons. The third kappa shape index (κ3) is 5.21. The third-order valence-corrected chi connectivity index (χ3v) is 3.45. The first-order chi connectivity index (χ1) is 9.96. The van der Waals surface area contributed by atoms with Crippen molar-refractivity contribution < 1.29 is 22.6 Å². The van der Waals surface area contributed by atoms with Crippen LogP contribution in [0.2, 0.25) is 0 Å².